The summed E-state index contributed by atoms with van der Waals surface area (Å²) in [5.41, 5.74) is -0.187. The van der Waals surface area contributed by atoms with Crippen LogP contribution in [-0.2, 0) is 12.6 Å². The third-order valence-electron chi connectivity index (χ3n) is 5.58. The zero-order valence-electron chi connectivity index (χ0n) is 16.9. The SMILES string of the molecule is O=C(c1ccc(-c2cc(C(F)(F)F)c3oc(CCO)cc3c2)cc1)N1CCC(F)(F)CC1. The zero-order chi connectivity index (χ0) is 23.1. The second kappa shape index (κ2) is 8.20. The highest BCUT2D eigenvalue weighted by Crippen LogP contribution is 2.39. The minimum atomic E-state index is -4.64. The standard InChI is InChI=1S/C23H20F5NO3/c24-22(25)6-8-29(9-7-22)21(31)15-3-1-14(2-4-15)16-11-17-12-18(5-10-30)32-20(17)19(13-16)23(26,27)28/h1-4,11-13,30H,5-10H2. The Hall–Kier alpha value is -2.94. The third-order valence-corrected chi connectivity index (χ3v) is 5.58. The van der Waals surface area contributed by atoms with Gasteiger partial charge in [-0.2, -0.15) is 13.2 Å². The van der Waals surface area contributed by atoms with E-state index in [4.69, 9.17) is 9.52 Å². The van der Waals surface area contributed by atoms with Crippen LogP contribution in [0.4, 0.5) is 22.0 Å². The molecule has 1 saturated heterocycles. The van der Waals surface area contributed by atoms with Crippen molar-refractivity contribution in [3.63, 3.8) is 0 Å². The summed E-state index contributed by atoms with van der Waals surface area (Å²) in [4.78, 5) is 13.9. The van der Waals surface area contributed by atoms with Crippen molar-refractivity contribution < 1.29 is 36.3 Å². The van der Waals surface area contributed by atoms with Crippen LogP contribution in [-0.4, -0.2) is 41.5 Å². The maximum Gasteiger partial charge on any atom is 0.420 e. The first kappa shape index (κ1) is 22.3. The fourth-order valence-electron chi connectivity index (χ4n) is 3.84. The van der Waals surface area contributed by atoms with Gasteiger partial charge in [0, 0.05) is 43.3 Å². The minimum Gasteiger partial charge on any atom is -0.460 e. The van der Waals surface area contributed by atoms with E-state index in [0.717, 1.165) is 6.07 Å². The molecule has 0 aliphatic carbocycles. The number of carbonyl (C=O) groups is 1. The van der Waals surface area contributed by atoms with Gasteiger partial charge in [-0.05, 0) is 41.5 Å². The molecule has 2 heterocycles. The summed E-state index contributed by atoms with van der Waals surface area (Å²) in [7, 11) is 0. The highest BCUT2D eigenvalue weighted by molar-refractivity contribution is 5.95. The number of halogens is 5. The van der Waals surface area contributed by atoms with E-state index in [2.05, 4.69) is 0 Å². The molecule has 0 spiro atoms. The van der Waals surface area contributed by atoms with Gasteiger partial charge in [-0.1, -0.05) is 12.1 Å². The monoisotopic (exact) mass is 453 g/mol. The van der Waals surface area contributed by atoms with Crippen molar-refractivity contribution in [3.05, 3.63) is 59.4 Å². The van der Waals surface area contributed by atoms with Gasteiger partial charge in [0.05, 0.1) is 12.2 Å². The number of likely N-dealkylation sites (tertiary alicyclic amines) is 1. The third kappa shape index (κ3) is 4.48. The van der Waals surface area contributed by atoms with Crippen molar-refractivity contribution in [2.24, 2.45) is 0 Å². The number of rotatable bonds is 4. The maximum atomic E-state index is 13.6. The number of amides is 1. The summed E-state index contributed by atoms with van der Waals surface area (Å²) < 4.78 is 72.8. The number of benzene rings is 2. The topological polar surface area (TPSA) is 53.7 Å². The van der Waals surface area contributed by atoms with Crippen LogP contribution in [0.25, 0.3) is 22.1 Å². The van der Waals surface area contributed by atoms with Crippen LogP contribution >= 0.6 is 0 Å². The number of furan rings is 1. The lowest BCUT2D eigenvalue weighted by atomic mass is 9.98. The molecule has 0 radical (unpaired) electrons. The summed E-state index contributed by atoms with van der Waals surface area (Å²) in [5, 5.41) is 9.30. The average Bonchev–Trinajstić information content (AvgIpc) is 3.14. The molecule has 1 aliphatic rings. The molecule has 0 unspecified atom stereocenters. The Balaban J connectivity index is 1.63. The molecule has 9 heteroatoms. The molecule has 32 heavy (non-hydrogen) atoms. The Bertz CT molecular complexity index is 1120. The largest absolute Gasteiger partial charge is 0.460 e. The maximum absolute atomic E-state index is 13.6. The predicted molar refractivity (Wildman–Crippen MR) is 108 cm³/mol. The van der Waals surface area contributed by atoms with Gasteiger partial charge in [-0.25, -0.2) is 8.78 Å². The summed E-state index contributed by atoms with van der Waals surface area (Å²) in [6, 6.07) is 10.0. The Kier molecular flexibility index (Phi) is 5.70. The first-order valence-electron chi connectivity index (χ1n) is 10.1. The molecule has 4 rings (SSSR count). The van der Waals surface area contributed by atoms with E-state index in [1.165, 1.54) is 35.2 Å². The molecule has 0 bridgehead atoms. The van der Waals surface area contributed by atoms with E-state index in [0.29, 0.717) is 5.56 Å². The fourth-order valence-corrected chi connectivity index (χ4v) is 3.84. The number of fused-ring (bicyclic) bond motifs is 1. The second-order valence-corrected chi connectivity index (χ2v) is 7.85. The number of nitrogens with zero attached hydrogens (tertiary/aromatic N) is 1. The van der Waals surface area contributed by atoms with Crippen molar-refractivity contribution in [2.45, 2.75) is 31.4 Å². The molecule has 0 atom stereocenters. The molecule has 1 amide bonds. The molecule has 3 aromatic rings. The molecule has 1 N–H and O–H groups in total. The highest BCUT2D eigenvalue weighted by atomic mass is 19.4. The van der Waals surface area contributed by atoms with E-state index < -0.39 is 17.7 Å². The van der Waals surface area contributed by atoms with Crippen LogP contribution in [0.5, 0.6) is 0 Å². The first-order valence-corrected chi connectivity index (χ1v) is 10.1. The molecule has 4 nitrogen and oxygen atoms in total. The van der Waals surface area contributed by atoms with Crippen LogP contribution in [0.1, 0.15) is 34.5 Å². The molecule has 2 aromatic carbocycles. The van der Waals surface area contributed by atoms with Crippen LogP contribution in [0.3, 0.4) is 0 Å². The van der Waals surface area contributed by atoms with Crippen molar-refractivity contribution in [1.82, 2.24) is 4.90 Å². The normalized spacial score (nSPS) is 16.5. The predicted octanol–water partition coefficient (Wildman–Crippen LogP) is 5.52. The summed E-state index contributed by atoms with van der Waals surface area (Å²) >= 11 is 0. The number of hydrogen-bond donors (Lipinski definition) is 1. The van der Waals surface area contributed by atoms with Crippen LogP contribution in [0.2, 0.25) is 0 Å². The Morgan fingerprint density at radius 2 is 1.69 bits per heavy atom. The van der Waals surface area contributed by atoms with Crippen LogP contribution in [0, 0.1) is 0 Å². The first-order chi connectivity index (χ1) is 15.1. The van der Waals surface area contributed by atoms with Crippen molar-refractivity contribution in [2.75, 3.05) is 19.7 Å². The van der Waals surface area contributed by atoms with Gasteiger partial charge in [-0.15, -0.1) is 0 Å². The fraction of sp³-hybridized carbons (Fsp3) is 0.348. The Labute approximate surface area is 180 Å². The molecule has 170 valence electrons. The van der Waals surface area contributed by atoms with E-state index in [-0.39, 0.29) is 72.7 Å². The van der Waals surface area contributed by atoms with Gasteiger partial charge in [0.1, 0.15) is 11.3 Å². The number of alkyl halides is 5. The van der Waals surface area contributed by atoms with Crippen LogP contribution in [0.15, 0.2) is 46.9 Å². The number of carbonyl (C=O) groups excluding carboxylic acids is 1. The van der Waals surface area contributed by atoms with Crippen LogP contribution < -0.4 is 0 Å². The van der Waals surface area contributed by atoms with Crippen molar-refractivity contribution >= 4 is 16.9 Å². The van der Waals surface area contributed by atoms with Crippen molar-refractivity contribution in [3.8, 4) is 11.1 Å². The van der Waals surface area contributed by atoms with Crippen molar-refractivity contribution in [1.29, 1.82) is 0 Å². The smallest absolute Gasteiger partial charge is 0.420 e. The van der Waals surface area contributed by atoms with E-state index in [1.807, 2.05) is 0 Å². The number of hydrogen-bond acceptors (Lipinski definition) is 3. The van der Waals surface area contributed by atoms with Gasteiger partial charge >= 0.3 is 6.18 Å². The Morgan fingerprint density at radius 3 is 2.28 bits per heavy atom. The number of piperidine rings is 1. The average molecular weight is 453 g/mol. The summed E-state index contributed by atoms with van der Waals surface area (Å²) in [6.07, 6.45) is -5.32. The molecule has 1 fully saturated rings. The minimum absolute atomic E-state index is 0.0458. The lowest BCUT2D eigenvalue weighted by molar-refractivity contribution is -0.136. The molecular weight excluding hydrogens is 433 g/mol. The van der Waals surface area contributed by atoms with E-state index in [1.54, 1.807) is 6.07 Å². The van der Waals surface area contributed by atoms with Gasteiger partial charge in [0.15, 0.2) is 0 Å². The lowest BCUT2D eigenvalue weighted by Crippen LogP contribution is -2.42. The van der Waals surface area contributed by atoms with Gasteiger partial charge in [0.2, 0.25) is 0 Å². The summed E-state index contributed by atoms with van der Waals surface area (Å²) in [6.45, 7) is -0.343. The van der Waals surface area contributed by atoms with Gasteiger partial charge < -0.3 is 14.4 Å². The summed E-state index contributed by atoms with van der Waals surface area (Å²) in [5.74, 6) is -2.90. The zero-order valence-corrected chi connectivity index (χ0v) is 16.9. The molecule has 1 aromatic heterocycles. The number of aliphatic hydroxyl groups excluding tert-OH is 1. The molecule has 1 aliphatic heterocycles. The van der Waals surface area contributed by atoms with Gasteiger partial charge in [-0.3, -0.25) is 4.79 Å². The highest BCUT2D eigenvalue weighted by Gasteiger charge is 2.36. The Morgan fingerprint density at radius 1 is 1.03 bits per heavy atom. The second-order valence-electron chi connectivity index (χ2n) is 7.85. The molecule has 0 saturated carbocycles. The quantitative estimate of drug-likeness (QED) is 0.529. The number of aliphatic hydroxyl groups is 1. The van der Waals surface area contributed by atoms with E-state index in [9.17, 15) is 26.7 Å². The van der Waals surface area contributed by atoms with Gasteiger partial charge in [0.25, 0.3) is 11.8 Å². The van der Waals surface area contributed by atoms with E-state index >= 15 is 0 Å². The lowest BCUT2D eigenvalue weighted by Gasteiger charge is -2.31. The molecular formula is C23H20F5NO3.